The third kappa shape index (κ3) is 3.74. The topological polar surface area (TPSA) is 15.6 Å². The molecule has 0 fully saturated rings. The van der Waals surface area contributed by atoms with Crippen LogP contribution in [0, 0.1) is 5.92 Å². The van der Waals surface area contributed by atoms with Crippen LogP contribution < -0.4 is 0 Å². The maximum Gasteiger partial charge on any atom is 0.0987 e. The Bertz CT molecular complexity index is 148. The number of amidine groups is 1. The summed E-state index contributed by atoms with van der Waals surface area (Å²) in [6, 6.07) is 0.544. The van der Waals surface area contributed by atoms with Crippen molar-refractivity contribution in [3.8, 4) is 0 Å². The minimum Gasteiger partial charge on any atom is -0.361 e. The van der Waals surface area contributed by atoms with Crippen molar-refractivity contribution in [1.29, 1.82) is 0 Å². The van der Waals surface area contributed by atoms with E-state index in [9.17, 15) is 0 Å². The van der Waals surface area contributed by atoms with Crippen molar-refractivity contribution in [3.63, 3.8) is 0 Å². The third-order valence-electron chi connectivity index (χ3n) is 2.03. The molecule has 2 nitrogen and oxygen atoms in total. The Morgan fingerprint density at radius 1 is 1.25 bits per heavy atom. The van der Waals surface area contributed by atoms with Crippen molar-refractivity contribution in [2.24, 2.45) is 10.9 Å². The molecule has 0 aromatic heterocycles. The Kier molecular flexibility index (Phi) is 4.95. The van der Waals surface area contributed by atoms with Gasteiger partial charge in [0.05, 0.1) is 5.84 Å². The van der Waals surface area contributed by atoms with Gasteiger partial charge in [-0.2, -0.15) is 0 Å². The van der Waals surface area contributed by atoms with Crippen LogP contribution in [0.4, 0.5) is 0 Å². The fourth-order valence-corrected chi connectivity index (χ4v) is 1.06. The minimum atomic E-state index is 0.544. The molecular formula is C10H22N2. The highest BCUT2D eigenvalue weighted by Crippen LogP contribution is 2.06. The van der Waals surface area contributed by atoms with Crippen LogP contribution in [-0.4, -0.2) is 30.9 Å². The highest BCUT2D eigenvalue weighted by Gasteiger charge is 2.10. The summed E-state index contributed by atoms with van der Waals surface area (Å²) in [4.78, 5) is 6.53. The van der Waals surface area contributed by atoms with E-state index in [0.717, 1.165) is 6.42 Å². The van der Waals surface area contributed by atoms with E-state index >= 15 is 0 Å². The largest absolute Gasteiger partial charge is 0.361 e. The molecule has 0 bridgehead atoms. The average molecular weight is 170 g/mol. The zero-order valence-electron chi connectivity index (χ0n) is 9.26. The van der Waals surface area contributed by atoms with Gasteiger partial charge in [0.25, 0.3) is 0 Å². The number of hydrogen-bond acceptors (Lipinski definition) is 1. The van der Waals surface area contributed by atoms with Crippen molar-refractivity contribution in [2.45, 2.75) is 40.2 Å². The molecule has 0 spiro atoms. The van der Waals surface area contributed by atoms with Crippen LogP contribution in [-0.2, 0) is 0 Å². The van der Waals surface area contributed by atoms with Crippen LogP contribution in [0.2, 0.25) is 0 Å². The zero-order valence-corrected chi connectivity index (χ0v) is 9.26. The lowest BCUT2D eigenvalue weighted by atomic mass is 10.1. The van der Waals surface area contributed by atoms with Crippen molar-refractivity contribution >= 4 is 5.84 Å². The predicted octanol–water partition coefficient (Wildman–Crippen LogP) is 2.40. The lowest BCUT2D eigenvalue weighted by Gasteiger charge is -2.26. The lowest BCUT2D eigenvalue weighted by Crippen LogP contribution is -2.33. The molecule has 0 N–H and O–H groups in total. The molecule has 0 radical (unpaired) electrons. The second kappa shape index (κ2) is 5.18. The summed E-state index contributed by atoms with van der Waals surface area (Å²) in [6.07, 6.45) is 1.07. The van der Waals surface area contributed by atoms with Crippen LogP contribution in [0.5, 0.6) is 0 Å². The Hall–Kier alpha value is -0.530. The van der Waals surface area contributed by atoms with Crippen molar-refractivity contribution < 1.29 is 0 Å². The van der Waals surface area contributed by atoms with Gasteiger partial charge in [-0.15, -0.1) is 0 Å². The summed E-state index contributed by atoms with van der Waals surface area (Å²) in [7, 11) is 3.98. The summed E-state index contributed by atoms with van der Waals surface area (Å²) in [5.74, 6) is 1.89. The molecule has 0 saturated heterocycles. The quantitative estimate of drug-likeness (QED) is 0.469. The molecule has 0 rings (SSSR count). The van der Waals surface area contributed by atoms with Gasteiger partial charge in [-0.1, -0.05) is 13.8 Å². The SMILES string of the molecule is CN=C(CC(C)C)N(C)C(C)C. The first-order valence-corrected chi connectivity index (χ1v) is 4.67. The molecule has 0 aromatic carbocycles. The number of nitrogens with zero attached hydrogens (tertiary/aromatic N) is 2. The second-order valence-electron chi connectivity index (χ2n) is 3.94. The molecule has 0 aromatic rings. The first-order chi connectivity index (χ1) is 5.49. The summed E-state index contributed by atoms with van der Waals surface area (Å²) < 4.78 is 0. The molecule has 0 unspecified atom stereocenters. The smallest absolute Gasteiger partial charge is 0.0987 e. The van der Waals surface area contributed by atoms with Crippen molar-refractivity contribution in [2.75, 3.05) is 14.1 Å². The second-order valence-corrected chi connectivity index (χ2v) is 3.94. The molecule has 0 aliphatic heterocycles. The number of aliphatic imine (C=N–C) groups is 1. The van der Waals surface area contributed by atoms with Crippen LogP contribution in [0.25, 0.3) is 0 Å². The van der Waals surface area contributed by atoms with Crippen molar-refractivity contribution in [3.05, 3.63) is 0 Å². The standard InChI is InChI=1S/C10H22N2/c1-8(2)7-10(11-5)12(6)9(3)4/h8-9H,7H2,1-6H3. The Labute approximate surface area is 76.7 Å². The molecule has 0 atom stereocenters. The molecular weight excluding hydrogens is 148 g/mol. The van der Waals surface area contributed by atoms with Gasteiger partial charge in [-0.25, -0.2) is 0 Å². The van der Waals surface area contributed by atoms with Gasteiger partial charge in [0.2, 0.25) is 0 Å². The van der Waals surface area contributed by atoms with Crippen LogP contribution >= 0.6 is 0 Å². The zero-order chi connectivity index (χ0) is 9.72. The van der Waals surface area contributed by atoms with E-state index in [2.05, 4.69) is 44.6 Å². The molecule has 0 aliphatic carbocycles. The highest BCUT2D eigenvalue weighted by molar-refractivity contribution is 5.82. The number of rotatable bonds is 3. The van der Waals surface area contributed by atoms with Crippen LogP contribution in [0.1, 0.15) is 34.1 Å². The van der Waals surface area contributed by atoms with Gasteiger partial charge >= 0.3 is 0 Å². The Balaban J connectivity index is 4.17. The summed E-state index contributed by atoms with van der Waals surface area (Å²) in [6.45, 7) is 8.82. The van der Waals surface area contributed by atoms with E-state index in [4.69, 9.17) is 0 Å². The fraction of sp³-hybridized carbons (Fsp3) is 0.900. The first kappa shape index (κ1) is 11.5. The third-order valence-corrected chi connectivity index (χ3v) is 2.03. The van der Waals surface area contributed by atoms with Gasteiger partial charge < -0.3 is 4.90 Å². The molecule has 0 saturated carbocycles. The minimum absolute atomic E-state index is 0.544. The average Bonchev–Trinajstić information content (AvgIpc) is 1.98. The number of hydrogen-bond donors (Lipinski definition) is 0. The van der Waals surface area contributed by atoms with Crippen LogP contribution in [0.3, 0.4) is 0 Å². The lowest BCUT2D eigenvalue weighted by molar-refractivity contribution is 0.401. The van der Waals surface area contributed by atoms with Gasteiger partial charge in [0.1, 0.15) is 0 Å². The Morgan fingerprint density at radius 2 is 1.75 bits per heavy atom. The van der Waals surface area contributed by atoms with E-state index < -0.39 is 0 Å². The Morgan fingerprint density at radius 3 is 2.00 bits per heavy atom. The molecule has 0 heterocycles. The van der Waals surface area contributed by atoms with Gasteiger partial charge in [0, 0.05) is 26.6 Å². The van der Waals surface area contributed by atoms with E-state index in [0.29, 0.717) is 12.0 Å². The molecule has 72 valence electrons. The van der Waals surface area contributed by atoms with E-state index in [-0.39, 0.29) is 0 Å². The van der Waals surface area contributed by atoms with Gasteiger partial charge in [0.15, 0.2) is 0 Å². The van der Waals surface area contributed by atoms with E-state index in [1.807, 2.05) is 7.05 Å². The van der Waals surface area contributed by atoms with Gasteiger partial charge in [-0.3, -0.25) is 4.99 Å². The maximum atomic E-state index is 4.29. The normalized spacial score (nSPS) is 12.8. The maximum absolute atomic E-state index is 4.29. The van der Waals surface area contributed by atoms with E-state index in [1.165, 1.54) is 5.84 Å². The summed E-state index contributed by atoms with van der Waals surface area (Å²) in [5, 5.41) is 0. The first-order valence-electron chi connectivity index (χ1n) is 4.67. The molecule has 2 heteroatoms. The van der Waals surface area contributed by atoms with Gasteiger partial charge in [-0.05, 0) is 19.8 Å². The summed E-state index contributed by atoms with van der Waals surface area (Å²) in [5.41, 5.74) is 0. The molecule has 12 heavy (non-hydrogen) atoms. The fourth-order valence-electron chi connectivity index (χ4n) is 1.06. The predicted molar refractivity (Wildman–Crippen MR) is 55.7 cm³/mol. The van der Waals surface area contributed by atoms with Crippen molar-refractivity contribution in [1.82, 2.24) is 4.90 Å². The molecule has 0 amide bonds. The molecule has 0 aliphatic rings. The van der Waals surface area contributed by atoms with Crippen LogP contribution in [0.15, 0.2) is 4.99 Å². The monoisotopic (exact) mass is 170 g/mol. The van der Waals surface area contributed by atoms with E-state index in [1.54, 1.807) is 0 Å². The highest BCUT2D eigenvalue weighted by atomic mass is 15.2. The summed E-state index contributed by atoms with van der Waals surface area (Å²) >= 11 is 0.